The summed E-state index contributed by atoms with van der Waals surface area (Å²) in [4.78, 5) is 0. The topological polar surface area (TPSA) is 0 Å². The summed E-state index contributed by atoms with van der Waals surface area (Å²) in [6.45, 7) is 0. The van der Waals surface area contributed by atoms with Gasteiger partial charge in [-0.1, -0.05) is 0 Å². The molecule has 8 heavy (non-hydrogen) atoms. The van der Waals surface area contributed by atoms with E-state index in [1.807, 2.05) is 12.1 Å². The van der Waals surface area contributed by atoms with Gasteiger partial charge in [-0.15, -0.1) is 0 Å². The Bertz CT molecular complexity index is 166. The lowest BCUT2D eigenvalue weighted by molar-refractivity contribution is 1.58. The van der Waals surface area contributed by atoms with Crippen molar-refractivity contribution in [2.75, 3.05) is 0 Å². The summed E-state index contributed by atoms with van der Waals surface area (Å²) in [6.07, 6.45) is 0. The first-order valence-corrected chi connectivity index (χ1v) is 4.27. The standard InChI is InChI=1S/C6H3I2/c7-5-2-1-3-6(8)4-5/h2-4H. The summed E-state index contributed by atoms with van der Waals surface area (Å²) in [5.41, 5.74) is 0. The number of halogens is 2. The molecule has 0 aromatic heterocycles. The van der Waals surface area contributed by atoms with E-state index >= 15 is 0 Å². The number of hydrogen-bond acceptors (Lipinski definition) is 0. The third kappa shape index (κ3) is 1.89. The fraction of sp³-hybridized carbons (Fsp3) is 0. The Morgan fingerprint density at radius 3 is 1.88 bits per heavy atom. The third-order valence-electron chi connectivity index (χ3n) is 0.718. The lowest BCUT2D eigenvalue weighted by Crippen LogP contribution is -1.70. The highest BCUT2D eigenvalue weighted by Gasteiger charge is 1.84. The molecule has 2 heteroatoms. The van der Waals surface area contributed by atoms with Crippen LogP contribution in [0, 0.1) is 13.2 Å². The first-order chi connectivity index (χ1) is 3.79. The van der Waals surface area contributed by atoms with Crippen LogP contribution in [0.3, 0.4) is 0 Å². The van der Waals surface area contributed by atoms with Gasteiger partial charge in [0.15, 0.2) is 0 Å². The molecule has 0 amide bonds. The second-order valence-corrected chi connectivity index (χ2v) is 3.86. The molecule has 1 aromatic carbocycles. The molecule has 0 aliphatic rings. The zero-order chi connectivity index (χ0) is 5.98. The van der Waals surface area contributed by atoms with E-state index < -0.39 is 0 Å². The normalized spacial score (nSPS) is 9.25. The summed E-state index contributed by atoms with van der Waals surface area (Å²) >= 11 is 4.54. The van der Waals surface area contributed by atoms with Crippen molar-refractivity contribution in [1.82, 2.24) is 0 Å². The zero-order valence-electron chi connectivity index (χ0n) is 3.99. The molecular formula is C6H3I2. The average molecular weight is 329 g/mol. The molecular weight excluding hydrogens is 326 g/mol. The molecule has 0 spiro atoms. The fourth-order valence-corrected chi connectivity index (χ4v) is 2.04. The first-order valence-electron chi connectivity index (χ1n) is 2.11. The highest BCUT2D eigenvalue weighted by Crippen LogP contribution is 2.08. The van der Waals surface area contributed by atoms with Gasteiger partial charge in [0.1, 0.15) is 0 Å². The van der Waals surface area contributed by atoms with Crippen LogP contribution in [0.5, 0.6) is 0 Å². The van der Waals surface area contributed by atoms with Gasteiger partial charge in [0.25, 0.3) is 0 Å². The largest absolute Gasteiger partial charge is 0.0443 e. The van der Waals surface area contributed by atoms with Crippen LogP contribution in [0.15, 0.2) is 18.2 Å². The zero-order valence-corrected chi connectivity index (χ0v) is 8.30. The molecule has 0 aliphatic heterocycles. The predicted molar refractivity (Wildman–Crippen MR) is 50.7 cm³/mol. The molecule has 0 unspecified atom stereocenters. The maximum absolute atomic E-state index is 3.01. The van der Waals surface area contributed by atoms with Gasteiger partial charge in [0.05, 0.1) is 0 Å². The van der Waals surface area contributed by atoms with Gasteiger partial charge in [-0.3, -0.25) is 0 Å². The van der Waals surface area contributed by atoms with E-state index in [1.165, 1.54) is 7.14 Å². The Kier molecular flexibility index (Phi) is 2.55. The van der Waals surface area contributed by atoms with E-state index in [0.29, 0.717) is 0 Å². The van der Waals surface area contributed by atoms with Crippen LogP contribution in [-0.4, -0.2) is 0 Å². The van der Waals surface area contributed by atoms with Crippen molar-refractivity contribution >= 4 is 45.2 Å². The van der Waals surface area contributed by atoms with Crippen LogP contribution in [0.25, 0.3) is 0 Å². The van der Waals surface area contributed by atoms with Crippen molar-refractivity contribution in [1.29, 1.82) is 0 Å². The second-order valence-electron chi connectivity index (χ2n) is 1.37. The molecule has 0 saturated heterocycles. The third-order valence-corrected chi connectivity index (χ3v) is 1.96. The van der Waals surface area contributed by atoms with Crippen LogP contribution >= 0.6 is 45.2 Å². The molecule has 41 valence electrons. The van der Waals surface area contributed by atoms with E-state index in [-0.39, 0.29) is 0 Å². The van der Waals surface area contributed by atoms with Gasteiger partial charge in [0, 0.05) is 7.14 Å². The molecule has 0 atom stereocenters. The smallest absolute Gasteiger partial charge is 0.0147 e. The fourth-order valence-electron chi connectivity index (χ4n) is 0.416. The lowest BCUT2D eigenvalue weighted by atomic mass is 10.4. The van der Waals surface area contributed by atoms with Crippen molar-refractivity contribution in [3.8, 4) is 0 Å². The molecule has 1 rings (SSSR count). The second kappa shape index (κ2) is 3.00. The Hall–Kier alpha value is 0.680. The Morgan fingerprint density at radius 2 is 1.62 bits per heavy atom. The van der Waals surface area contributed by atoms with Crippen molar-refractivity contribution in [2.24, 2.45) is 0 Å². The van der Waals surface area contributed by atoms with Gasteiger partial charge in [-0.2, -0.15) is 0 Å². The Balaban J connectivity index is 3.08. The Labute approximate surface area is 76.0 Å². The number of benzene rings is 1. The minimum atomic E-state index is 1.24. The van der Waals surface area contributed by atoms with Crippen LogP contribution in [-0.2, 0) is 0 Å². The van der Waals surface area contributed by atoms with Gasteiger partial charge >= 0.3 is 0 Å². The van der Waals surface area contributed by atoms with Crippen molar-refractivity contribution in [3.05, 3.63) is 31.4 Å². The highest BCUT2D eigenvalue weighted by molar-refractivity contribution is 14.1. The van der Waals surface area contributed by atoms with E-state index in [2.05, 4.69) is 57.3 Å². The number of rotatable bonds is 0. The van der Waals surface area contributed by atoms with Crippen LogP contribution < -0.4 is 0 Å². The van der Waals surface area contributed by atoms with Crippen molar-refractivity contribution in [3.63, 3.8) is 0 Å². The molecule has 0 nitrogen and oxygen atoms in total. The Morgan fingerprint density at radius 1 is 1.12 bits per heavy atom. The summed E-state index contributed by atoms with van der Waals surface area (Å²) in [6, 6.07) is 9.04. The molecule has 0 bridgehead atoms. The van der Waals surface area contributed by atoms with Crippen LogP contribution in [0.4, 0.5) is 0 Å². The van der Waals surface area contributed by atoms with Crippen molar-refractivity contribution in [2.45, 2.75) is 0 Å². The summed E-state index contributed by atoms with van der Waals surface area (Å²) < 4.78 is 2.49. The molecule has 0 aliphatic carbocycles. The molecule has 0 saturated carbocycles. The van der Waals surface area contributed by atoms with E-state index in [4.69, 9.17) is 0 Å². The molecule has 0 N–H and O–H groups in total. The SMILES string of the molecule is Ic1c[c]cc(I)c1. The van der Waals surface area contributed by atoms with Gasteiger partial charge in [0.2, 0.25) is 0 Å². The molecule has 1 aromatic rings. The van der Waals surface area contributed by atoms with Crippen LogP contribution in [0.2, 0.25) is 0 Å². The van der Waals surface area contributed by atoms with E-state index in [0.717, 1.165) is 0 Å². The minimum absolute atomic E-state index is 1.24. The first kappa shape index (κ1) is 6.80. The minimum Gasteiger partial charge on any atom is -0.0443 e. The van der Waals surface area contributed by atoms with E-state index in [9.17, 15) is 0 Å². The summed E-state index contributed by atoms with van der Waals surface area (Å²) in [7, 11) is 0. The maximum atomic E-state index is 3.01. The van der Waals surface area contributed by atoms with Gasteiger partial charge < -0.3 is 0 Å². The quantitative estimate of drug-likeness (QED) is 0.642. The summed E-state index contributed by atoms with van der Waals surface area (Å²) in [5, 5.41) is 0. The van der Waals surface area contributed by atoms with Crippen molar-refractivity contribution < 1.29 is 0 Å². The number of hydrogen-bond donors (Lipinski definition) is 0. The van der Waals surface area contributed by atoms with Crippen LogP contribution in [0.1, 0.15) is 0 Å². The molecule has 0 heterocycles. The maximum Gasteiger partial charge on any atom is 0.0147 e. The van der Waals surface area contributed by atoms with E-state index in [1.54, 1.807) is 0 Å². The van der Waals surface area contributed by atoms with Gasteiger partial charge in [-0.25, -0.2) is 0 Å². The molecule has 0 fully saturated rings. The molecule has 1 radical (unpaired) electrons. The van der Waals surface area contributed by atoms with Gasteiger partial charge in [-0.05, 0) is 69.4 Å². The monoisotopic (exact) mass is 329 g/mol. The highest BCUT2D eigenvalue weighted by atomic mass is 127. The predicted octanol–water partition coefficient (Wildman–Crippen LogP) is 2.70. The summed E-state index contributed by atoms with van der Waals surface area (Å²) in [5.74, 6) is 0. The lowest BCUT2D eigenvalue weighted by Gasteiger charge is -1.86. The average Bonchev–Trinajstić information content (AvgIpc) is 1.64.